The highest BCUT2D eigenvalue weighted by Crippen LogP contribution is 2.35. The highest BCUT2D eigenvalue weighted by atomic mass is 16.5. The van der Waals surface area contributed by atoms with Gasteiger partial charge in [-0.15, -0.1) is 6.58 Å². The predicted octanol–water partition coefficient (Wildman–Crippen LogP) is 4.73. The summed E-state index contributed by atoms with van der Waals surface area (Å²) in [5, 5.41) is 9.51. The average molecular weight is 336 g/mol. The molecule has 24 heavy (non-hydrogen) atoms. The molecule has 2 aliphatic carbocycles. The third-order valence-corrected chi connectivity index (χ3v) is 5.78. The van der Waals surface area contributed by atoms with E-state index in [4.69, 9.17) is 4.74 Å². The number of carboxylic acids is 1. The largest absolute Gasteiger partial charge is 0.481 e. The maximum absolute atomic E-state index is 12.3. The van der Waals surface area contributed by atoms with Crippen LogP contribution in [0.5, 0.6) is 0 Å². The number of allylic oxidation sites excluding steroid dienone is 1. The van der Waals surface area contributed by atoms with Crippen molar-refractivity contribution in [2.75, 3.05) is 0 Å². The van der Waals surface area contributed by atoms with Gasteiger partial charge in [0.1, 0.15) is 6.10 Å². The van der Waals surface area contributed by atoms with Gasteiger partial charge in [-0.2, -0.15) is 0 Å². The Morgan fingerprint density at radius 2 is 1.88 bits per heavy atom. The maximum atomic E-state index is 12.3. The van der Waals surface area contributed by atoms with Crippen LogP contribution in [0.15, 0.2) is 12.7 Å². The van der Waals surface area contributed by atoms with E-state index in [1.165, 1.54) is 6.42 Å². The zero-order valence-electron chi connectivity index (χ0n) is 14.8. The van der Waals surface area contributed by atoms with Gasteiger partial charge in [0.2, 0.25) is 0 Å². The maximum Gasteiger partial charge on any atom is 0.307 e. The number of esters is 1. The van der Waals surface area contributed by atoms with Crippen molar-refractivity contribution < 1.29 is 19.4 Å². The predicted molar refractivity (Wildman–Crippen MR) is 93.6 cm³/mol. The van der Waals surface area contributed by atoms with Gasteiger partial charge < -0.3 is 9.84 Å². The van der Waals surface area contributed by atoms with Gasteiger partial charge in [-0.3, -0.25) is 9.59 Å². The molecule has 2 rings (SSSR count). The lowest BCUT2D eigenvalue weighted by atomic mass is 9.78. The third kappa shape index (κ3) is 5.64. The van der Waals surface area contributed by atoms with Crippen molar-refractivity contribution in [1.29, 1.82) is 0 Å². The Kier molecular flexibility index (Phi) is 7.80. The lowest BCUT2D eigenvalue weighted by Crippen LogP contribution is -2.30. The number of unbranched alkanes of at least 4 members (excludes halogenated alkanes) is 1. The summed E-state index contributed by atoms with van der Waals surface area (Å²) in [7, 11) is 0. The fourth-order valence-corrected chi connectivity index (χ4v) is 4.40. The first-order valence-corrected chi connectivity index (χ1v) is 9.65. The molecule has 4 heteroatoms. The zero-order valence-corrected chi connectivity index (χ0v) is 14.8. The van der Waals surface area contributed by atoms with Crippen LogP contribution in [0, 0.1) is 17.8 Å². The summed E-state index contributed by atoms with van der Waals surface area (Å²) in [6.45, 7) is 3.74. The molecule has 1 N–H and O–H groups in total. The Hall–Kier alpha value is -1.32. The van der Waals surface area contributed by atoms with Crippen molar-refractivity contribution in [3.05, 3.63) is 12.7 Å². The van der Waals surface area contributed by atoms with Gasteiger partial charge in [0.25, 0.3) is 0 Å². The molecule has 0 radical (unpaired) electrons. The number of aliphatic carboxylic acids is 1. The molecule has 0 aromatic heterocycles. The molecule has 3 atom stereocenters. The number of ether oxygens (including phenoxy) is 1. The summed E-state index contributed by atoms with van der Waals surface area (Å²) in [5.74, 6) is -1.15. The number of carbonyl (C=O) groups excluding carboxylic acids is 1. The second-order valence-corrected chi connectivity index (χ2v) is 7.49. The Balaban J connectivity index is 1.83. The van der Waals surface area contributed by atoms with E-state index in [0.29, 0.717) is 5.92 Å². The Labute approximate surface area is 145 Å². The van der Waals surface area contributed by atoms with Crippen LogP contribution in [-0.2, 0) is 14.3 Å². The minimum absolute atomic E-state index is 0.0110. The summed E-state index contributed by atoms with van der Waals surface area (Å²) >= 11 is 0. The first-order chi connectivity index (χ1) is 11.6. The number of hydrogen-bond acceptors (Lipinski definition) is 3. The first kappa shape index (κ1) is 19.0. The van der Waals surface area contributed by atoms with Gasteiger partial charge in [0.05, 0.1) is 12.3 Å². The molecule has 1 unspecified atom stereocenters. The molecule has 0 spiro atoms. The molecule has 136 valence electrons. The van der Waals surface area contributed by atoms with E-state index in [1.807, 2.05) is 6.08 Å². The van der Waals surface area contributed by atoms with Crippen LogP contribution in [0.25, 0.3) is 0 Å². The summed E-state index contributed by atoms with van der Waals surface area (Å²) < 4.78 is 5.70. The quantitative estimate of drug-likeness (QED) is 0.376. The molecule has 0 heterocycles. The number of hydrogen-bond donors (Lipinski definition) is 1. The van der Waals surface area contributed by atoms with Crippen LogP contribution < -0.4 is 0 Å². The molecule has 0 amide bonds. The first-order valence-electron chi connectivity index (χ1n) is 9.65. The highest BCUT2D eigenvalue weighted by Gasteiger charge is 2.34. The van der Waals surface area contributed by atoms with E-state index in [9.17, 15) is 14.7 Å². The van der Waals surface area contributed by atoms with Crippen molar-refractivity contribution in [2.24, 2.45) is 17.8 Å². The molecular formula is C20H32O4. The van der Waals surface area contributed by atoms with E-state index >= 15 is 0 Å². The molecule has 2 saturated carbocycles. The Bertz CT molecular complexity index is 425. The van der Waals surface area contributed by atoms with Gasteiger partial charge >= 0.3 is 11.9 Å². The minimum Gasteiger partial charge on any atom is -0.481 e. The molecule has 2 fully saturated rings. The zero-order chi connectivity index (χ0) is 17.4. The minimum atomic E-state index is -0.840. The van der Waals surface area contributed by atoms with Gasteiger partial charge in [0.15, 0.2) is 0 Å². The fraction of sp³-hybridized carbons (Fsp3) is 0.800. The number of rotatable bonds is 9. The van der Waals surface area contributed by atoms with E-state index in [0.717, 1.165) is 64.2 Å². The Morgan fingerprint density at radius 3 is 2.54 bits per heavy atom. The van der Waals surface area contributed by atoms with E-state index in [1.54, 1.807) is 0 Å². The summed E-state index contributed by atoms with van der Waals surface area (Å²) in [6.07, 6.45) is 13.4. The van der Waals surface area contributed by atoms with Crippen LogP contribution in [0.4, 0.5) is 0 Å². The van der Waals surface area contributed by atoms with E-state index in [2.05, 4.69) is 6.58 Å². The second kappa shape index (κ2) is 9.85. The standard InChI is InChI=1S/C20H32O4/c1-2-3-5-11-16-12-8-13-18(16)24-19(21)14-17(20(22)23)15-9-6-4-7-10-15/h2,15-18H,1,3-14H2,(H,22,23)/t16?,17-,18+/m0/s1. The molecule has 0 aromatic rings. The van der Waals surface area contributed by atoms with Gasteiger partial charge in [-0.25, -0.2) is 0 Å². The normalized spacial score (nSPS) is 26.0. The molecule has 4 nitrogen and oxygen atoms in total. The monoisotopic (exact) mass is 336 g/mol. The number of carboxylic acid groups (broad SMARTS) is 1. The third-order valence-electron chi connectivity index (χ3n) is 5.78. The summed E-state index contributed by atoms with van der Waals surface area (Å²) in [4.78, 5) is 23.9. The van der Waals surface area contributed by atoms with Crippen LogP contribution in [0.1, 0.15) is 77.0 Å². The van der Waals surface area contributed by atoms with Crippen LogP contribution in [-0.4, -0.2) is 23.1 Å². The van der Waals surface area contributed by atoms with Gasteiger partial charge in [-0.05, 0) is 63.2 Å². The average Bonchev–Trinajstić information content (AvgIpc) is 3.00. The van der Waals surface area contributed by atoms with Crippen molar-refractivity contribution in [3.63, 3.8) is 0 Å². The lowest BCUT2D eigenvalue weighted by molar-refractivity contribution is -0.158. The Morgan fingerprint density at radius 1 is 1.12 bits per heavy atom. The molecule has 2 aliphatic rings. The smallest absolute Gasteiger partial charge is 0.307 e. The molecule has 0 bridgehead atoms. The van der Waals surface area contributed by atoms with Crippen LogP contribution in [0.2, 0.25) is 0 Å². The molecule has 0 aliphatic heterocycles. The van der Waals surface area contributed by atoms with Crippen molar-refractivity contribution in [1.82, 2.24) is 0 Å². The molecule has 0 saturated heterocycles. The van der Waals surface area contributed by atoms with E-state index < -0.39 is 11.9 Å². The topological polar surface area (TPSA) is 63.6 Å². The van der Waals surface area contributed by atoms with Crippen LogP contribution >= 0.6 is 0 Å². The van der Waals surface area contributed by atoms with Gasteiger partial charge in [-0.1, -0.05) is 25.3 Å². The van der Waals surface area contributed by atoms with Crippen molar-refractivity contribution in [3.8, 4) is 0 Å². The molecular weight excluding hydrogens is 304 g/mol. The summed E-state index contributed by atoms with van der Waals surface area (Å²) in [6, 6.07) is 0. The van der Waals surface area contributed by atoms with Gasteiger partial charge in [0, 0.05) is 0 Å². The number of carbonyl (C=O) groups is 2. The van der Waals surface area contributed by atoms with E-state index in [-0.39, 0.29) is 24.4 Å². The lowest BCUT2D eigenvalue weighted by Gasteiger charge is -2.27. The summed E-state index contributed by atoms with van der Waals surface area (Å²) in [5.41, 5.74) is 0. The van der Waals surface area contributed by atoms with Crippen LogP contribution in [0.3, 0.4) is 0 Å². The highest BCUT2D eigenvalue weighted by molar-refractivity contribution is 5.79. The van der Waals surface area contributed by atoms with Crippen molar-refractivity contribution >= 4 is 11.9 Å². The second-order valence-electron chi connectivity index (χ2n) is 7.49. The van der Waals surface area contributed by atoms with Crippen molar-refractivity contribution in [2.45, 2.75) is 83.2 Å². The molecule has 0 aromatic carbocycles. The fourth-order valence-electron chi connectivity index (χ4n) is 4.40. The SMILES string of the molecule is C=CCCCC1CCC[C@H]1OC(=O)C[C@H](C(=O)O)C1CCCCC1.